The van der Waals surface area contributed by atoms with Crippen molar-refractivity contribution < 1.29 is 23.0 Å². The highest BCUT2D eigenvalue weighted by atomic mass is 16.5. The minimum Gasteiger partial charge on any atom is -0.458 e. The molecule has 5 nitrogen and oxygen atoms in total. The molecule has 0 aliphatic heterocycles. The average Bonchev–Trinajstić information content (AvgIpc) is 3.93. The Morgan fingerprint density at radius 3 is 2.13 bits per heavy atom. The van der Waals surface area contributed by atoms with Gasteiger partial charge in [-0.3, -0.25) is 13.7 Å². The van der Waals surface area contributed by atoms with Crippen molar-refractivity contribution in [2.45, 2.75) is 32.6 Å². The fourth-order valence-electron chi connectivity index (χ4n) is 7.22. The van der Waals surface area contributed by atoms with E-state index in [2.05, 4.69) is 55.1 Å². The van der Waals surface area contributed by atoms with Gasteiger partial charge in [0.1, 0.15) is 17.3 Å². The Bertz CT molecular complexity index is 3180. The van der Waals surface area contributed by atoms with E-state index in [-0.39, 0.29) is 27.9 Å². The van der Waals surface area contributed by atoms with Crippen molar-refractivity contribution in [2.75, 3.05) is 0 Å². The highest BCUT2D eigenvalue weighted by molar-refractivity contribution is 6.09. The molecule has 0 fully saturated rings. The van der Waals surface area contributed by atoms with Crippen molar-refractivity contribution in [1.29, 1.82) is 0 Å². The second-order valence-electron chi connectivity index (χ2n) is 12.9. The maximum atomic E-state index is 8.84. The van der Waals surface area contributed by atoms with Gasteiger partial charge in [0, 0.05) is 35.4 Å². The van der Waals surface area contributed by atoms with Crippen molar-refractivity contribution in [3.8, 4) is 50.9 Å². The smallest absolute Gasteiger partial charge is 0.268 e. The number of para-hydroxylation sites is 2. The lowest BCUT2D eigenvalue weighted by atomic mass is 9.95. The van der Waals surface area contributed by atoms with E-state index in [1.165, 1.54) is 10.1 Å². The number of pyridine rings is 1. The van der Waals surface area contributed by atoms with Gasteiger partial charge in [-0.05, 0) is 95.1 Å². The van der Waals surface area contributed by atoms with Gasteiger partial charge < -0.3 is 4.74 Å². The van der Waals surface area contributed by atoms with Crippen LogP contribution in [0.2, 0.25) is 0 Å². The molecule has 3 aromatic heterocycles. The molecule has 54 heavy (non-hydrogen) atoms. The molecule has 0 radical (unpaired) electrons. The van der Waals surface area contributed by atoms with E-state index in [4.69, 9.17) is 23.4 Å². The minimum absolute atomic E-state index is 0.120. The topological polar surface area (TPSA) is 35.9 Å². The van der Waals surface area contributed by atoms with Crippen LogP contribution < -0.4 is 9.30 Å². The van der Waals surface area contributed by atoms with Gasteiger partial charge in [0.2, 0.25) is 0 Å². The summed E-state index contributed by atoms with van der Waals surface area (Å²) < 4.78 is 97.4. The molecule has 6 aromatic carbocycles. The number of imidazole rings is 1. The summed E-state index contributed by atoms with van der Waals surface area (Å²) in [5, 5.41) is 2.16. The van der Waals surface area contributed by atoms with Gasteiger partial charge in [0.25, 0.3) is 6.33 Å². The number of ether oxygens (including phenoxy) is 1. The van der Waals surface area contributed by atoms with E-state index in [9.17, 15) is 0 Å². The quantitative estimate of drug-likeness (QED) is 0.105. The lowest BCUT2D eigenvalue weighted by Gasteiger charge is -2.16. The Kier molecular flexibility index (Phi) is 6.32. The molecule has 262 valence electrons. The third kappa shape index (κ3) is 6.14. The van der Waals surface area contributed by atoms with E-state index < -0.39 is 60.4 Å². The van der Waals surface area contributed by atoms with Crippen LogP contribution >= 0.6 is 0 Å². The number of aromatic nitrogens is 4. The van der Waals surface area contributed by atoms with Crippen molar-refractivity contribution >= 4 is 21.8 Å². The molecule has 0 atom stereocenters. The molecule has 0 amide bonds. The zero-order valence-corrected chi connectivity index (χ0v) is 29.7. The molecule has 0 aliphatic rings. The molecule has 9 rings (SSSR count). The van der Waals surface area contributed by atoms with Gasteiger partial charge in [0.05, 0.1) is 36.1 Å². The molecular formula is C49H40N4O. The van der Waals surface area contributed by atoms with Gasteiger partial charge >= 0.3 is 0 Å². The molecule has 0 unspecified atom stereocenters. The first-order chi connectivity index (χ1) is 30.8. The molecular weight excluding hydrogens is 661 g/mol. The molecule has 0 saturated heterocycles. The first-order valence-electron chi connectivity index (χ1n) is 22.9. The van der Waals surface area contributed by atoms with E-state index in [1.807, 2.05) is 54.7 Å². The number of benzene rings is 6. The Morgan fingerprint density at radius 1 is 0.704 bits per heavy atom. The lowest BCUT2D eigenvalue weighted by molar-refractivity contribution is -0.598. The second-order valence-corrected chi connectivity index (χ2v) is 12.9. The van der Waals surface area contributed by atoms with Gasteiger partial charge in [-0.2, -0.15) is 0 Å². The summed E-state index contributed by atoms with van der Waals surface area (Å²) in [5.74, 6) is 2.39. The maximum absolute atomic E-state index is 8.84. The third-order valence-electron chi connectivity index (χ3n) is 9.83. The van der Waals surface area contributed by atoms with Crippen LogP contribution in [0.25, 0.3) is 61.3 Å². The van der Waals surface area contributed by atoms with Gasteiger partial charge in [-0.1, -0.05) is 117 Å². The molecule has 0 aliphatic carbocycles. The van der Waals surface area contributed by atoms with Crippen LogP contribution in [0.4, 0.5) is 0 Å². The molecule has 5 heteroatoms. The van der Waals surface area contributed by atoms with Crippen molar-refractivity contribution in [1.82, 2.24) is 14.1 Å². The number of rotatable bonds is 10. The van der Waals surface area contributed by atoms with Crippen LogP contribution in [0.15, 0.2) is 176 Å². The third-order valence-corrected chi connectivity index (χ3v) is 9.83. The van der Waals surface area contributed by atoms with E-state index >= 15 is 0 Å². The predicted octanol–water partition coefficient (Wildman–Crippen LogP) is 12.1. The van der Waals surface area contributed by atoms with Crippen molar-refractivity contribution in [3.63, 3.8) is 0 Å². The summed E-state index contributed by atoms with van der Waals surface area (Å²) in [6, 6.07) is 25.5. The summed E-state index contributed by atoms with van der Waals surface area (Å²) in [5.41, 5.74) is 4.14. The van der Waals surface area contributed by atoms with Gasteiger partial charge in [0.15, 0.2) is 0 Å². The Hall–Kier alpha value is -6.72. The number of hydrogen-bond donors (Lipinski definition) is 0. The number of fused-ring (bicyclic) bond motifs is 3. The van der Waals surface area contributed by atoms with Crippen molar-refractivity contribution in [2.24, 2.45) is 0 Å². The number of nitrogens with zero attached hydrogens (tertiary/aromatic N) is 4. The summed E-state index contributed by atoms with van der Waals surface area (Å²) in [6.07, 6.45) is 10.5. The summed E-state index contributed by atoms with van der Waals surface area (Å²) in [6.45, 7) is 4.41. The molecule has 0 bridgehead atoms. The standard InChI is InChI=1S/C49H40N4O/c1-3-35(4-2)38-27-28-50-48(31-38)53-46-24-12-11-21-44(46)45-26-25-41(33-47(45)53)54-40-20-13-19-39(32-40)51-29-30-52(34-51)49-42(36-15-7-5-8-16-36)22-14-23-43(49)37-17-9-6-10-18-37/h5-33,35H,3-4H2,1-2H3/i5D,6D,7D,8D,9D,10D,15D,16D,17D,18D. The highest BCUT2D eigenvalue weighted by Gasteiger charge is 2.18. The van der Waals surface area contributed by atoms with Crippen LogP contribution in [0, 0.1) is 6.33 Å². The van der Waals surface area contributed by atoms with Crippen LogP contribution in [0.3, 0.4) is 0 Å². The Balaban J connectivity index is 1.14. The fraction of sp³-hybridized carbons (Fsp3) is 0.102. The van der Waals surface area contributed by atoms with Crippen LogP contribution in [-0.4, -0.2) is 14.1 Å². The van der Waals surface area contributed by atoms with E-state index in [1.54, 1.807) is 35.2 Å². The van der Waals surface area contributed by atoms with Gasteiger partial charge in [-0.15, -0.1) is 0 Å². The molecule has 3 heterocycles. The zero-order valence-electron chi connectivity index (χ0n) is 39.7. The van der Waals surface area contributed by atoms with E-state index in [0.717, 1.165) is 40.5 Å². The number of hydrogen-bond acceptors (Lipinski definition) is 2. The van der Waals surface area contributed by atoms with Gasteiger partial charge in [-0.25, -0.2) is 4.98 Å². The molecule has 0 spiro atoms. The lowest BCUT2D eigenvalue weighted by Crippen LogP contribution is -2.30. The first-order valence-corrected chi connectivity index (χ1v) is 17.9. The second kappa shape index (κ2) is 14.4. The summed E-state index contributed by atoms with van der Waals surface area (Å²) in [4.78, 5) is 4.83. The SMILES string of the molecule is [2H]c1c([2H])c([2H])c(-c2cccc(-c3c([2H])c([2H])c([2H])c([2H])c3[2H])c2-[n+]2[c-]n(-c3cccc(Oc4ccc5c6ccccc6n(-c6cc(C(CC)CC)ccn6)c5c4)c3)cc2)c([2H])c1[2H]. The minimum atomic E-state index is -0.559. The summed E-state index contributed by atoms with van der Waals surface area (Å²) in [7, 11) is 0. The van der Waals surface area contributed by atoms with E-state index in [0.29, 0.717) is 23.1 Å². The van der Waals surface area contributed by atoms with Crippen LogP contribution in [0.1, 0.15) is 51.9 Å². The predicted molar refractivity (Wildman–Crippen MR) is 219 cm³/mol. The van der Waals surface area contributed by atoms with Crippen LogP contribution in [0.5, 0.6) is 11.5 Å². The summed E-state index contributed by atoms with van der Waals surface area (Å²) >= 11 is 0. The molecule has 9 aromatic rings. The normalized spacial score (nSPS) is 14.1. The van der Waals surface area contributed by atoms with Crippen LogP contribution in [-0.2, 0) is 0 Å². The monoisotopic (exact) mass is 710 g/mol. The zero-order chi connectivity index (χ0) is 45.1. The Morgan fingerprint density at radius 2 is 1.39 bits per heavy atom. The first kappa shape index (κ1) is 23.8. The Labute approximate surface area is 330 Å². The molecule has 0 saturated carbocycles. The maximum Gasteiger partial charge on any atom is 0.268 e. The average molecular weight is 711 g/mol. The fourth-order valence-corrected chi connectivity index (χ4v) is 7.22. The largest absolute Gasteiger partial charge is 0.458 e. The molecule has 0 N–H and O–H groups in total. The highest BCUT2D eigenvalue weighted by Crippen LogP contribution is 2.37. The van der Waals surface area contributed by atoms with Crippen molar-refractivity contribution in [3.05, 3.63) is 188 Å².